The van der Waals surface area contributed by atoms with Gasteiger partial charge < -0.3 is 5.11 Å². The first kappa shape index (κ1) is 21.8. The van der Waals surface area contributed by atoms with Gasteiger partial charge in [-0.2, -0.15) is 0 Å². The summed E-state index contributed by atoms with van der Waals surface area (Å²) in [5, 5.41) is 10.1. The first-order chi connectivity index (χ1) is 13.7. The number of hydrogen-bond donors (Lipinski definition) is 1. The molecule has 0 aromatic rings. The lowest BCUT2D eigenvalue weighted by Gasteiger charge is -2.59. The standard InChI is InChI=1S/C27H45FO/c1-17(2)7-6-8-18(3)21-9-10-22-20-16-25(28)24-15-19(29)11-13-27(24,5)23(20)12-14-26(21,22)4/h15,17-23,25,29H,6-14,16H2,1-5H3/t18-,19+,20+,21-,22+,23+,25-,26-,27-/m1/s1. The molecule has 0 bridgehead atoms. The van der Waals surface area contributed by atoms with E-state index < -0.39 is 12.3 Å². The number of hydrogen-bond acceptors (Lipinski definition) is 1. The maximum atomic E-state index is 15.4. The van der Waals surface area contributed by atoms with Gasteiger partial charge in [-0.1, -0.05) is 60.0 Å². The Balaban J connectivity index is 1.52. The van der Waals surface area contributed by atoms with Gasteiger partial charge in [-0.05, 0) is 96.9 Å². The summed E-state index contributed by atoms with van der Waals surface area (Å²) in [5.41, 5.74) is 1.37. The molecule has 0 saturated heterocycles. The number of aliphatic hydroxyl groups excluding tert-OH is 1. The Bertz CT molecular complexity index is 626. The van der Waals surface area contributed by atoms with Crippen LogP contribution in [0.5, 0.6) is 0 Å². The smallest absolute Gasteiger partial charge is 0.122 e. The van der Waals surface area contributed by atoms with Gasteiger partial charge in [0.25, 0.3) is 0 Å². The van der Waals surface area contributed by atoms with E-state index in [4.69, 9.17) is 0 Å². The minimum Gasteiger partial charge on any atom is -0.389 e. The zero-order chi connectivity index (χ0) is 21.0. The molecule has 1 N–H and O–H groups in total. The number of rotatable bonds is 5. The van der Waals surface area contributed by atoms with Gasteiger partial charge in [-0.25, -0.2) is 4.39 Å². The van der Waals surface area contributed by atoms with Gasteiger partial charge in [-0.3, -0.25) is 0 Å². The van der Waals surface area contributed by atoms with Crippen LogP contribution in [0.25, 0.3) is 0 Å². The van der Waals surface area contributed by atoms with E-state index in [2.05, 4.69) is 34.6 Å². The normalized spacial score (nSPS) is 47.9. The molecule has 166 valence electrons. The first-order valence-corrected chi connectivity index (χ1v) is 12.7. The maximum absolute atomic E-state index is 15.4. The molecule has 9 atom stereocenters. The molecule has 4 rings (SSSR count). The molecule has 4 aliphatic rings. The van der Waals surface area contributed by atoms with E-state index in [1.165, 1.54) is 44.9 Å². The van der Waals surface area contributed by atoms with Crippen LogP contribution in [0.1, 0.15) is 98.8 Å². The molecule has 0 aliphatic heterocycles. The van der Waals surface area contributed by atoms with Gasteiger partial charge in [0.1, 0.15) is 6.17 Å². The quantitative estimate of drug-likeness (QED) is 0.475. The van der Waals surface area contributed by atoms with E-state index in [0.29, 0.717) is 29.6 Å². The van der Waals surface area contributed by atoms with Gasteiger partial charge in [0.05, 0.1) is 6.10 Å². The van der Waals surface area contributed by atoms with Crippen molar-refractivity contribution < 1.29 is 9.50 Å². The second-order valence-electron chi connectivity index (χ2n) is 12.3. The third-order valence-corrected chi connectivity index (χ3v) is 10.3. The molecule has 0 aromatic carbocycles. The molecule has 0 radical (unpaired) electrons. The van der Waals surface area contributed by atoms with Crippen molar-refractivity contribution in [2.24, 2.45) is 46.3 Å². The van der Waals surface area contributed by atoms with Crippen molar-refractivity contribution in [2.75, 3.05) is 0 Å². The molecule has 0 heterocycles. The van der Waals surface area contributed by atoms with E-state index in [-0.39, 0.29) is 5.41 Å². The lowest BCUT2D eigenvalue weighted by Crippen LogP contribution is -2.53. The SMILES string of the molecule is CC(C)CCC[C@@H](C)[C@H]1CC[C@H]2[C@@H]3C[C@@H](F)C4=C[C@@H](O)CC[C@]4(C)[C@H]3CC[C@]12C. The number of aliphatic hydroxyl groups is 1. The van der Waals surface area contributed by atoms with E-state index in [9.17, 15) is 5.11 Å². The average Bonchev–Trinajstić information content (AvgIpc) is 3.00. The molecule has 0 spiro atoms. The summed E-state index contributed by atoms with van der Waals surface area (Å²) in [5.74, 6) is 4.33. The molecule has 1 nitrogen and oxygen atoms in total. The minimum atomic E-state index is -0.832. The molecule has 4 aliphatic carbocycles. The first-order valence-electron chi connectivity index (χ1n) is 12.7. The molecular weight excluding hydrogens is 359 g/mol. The van der Waals surface area contributed by atoms with Crippen LogP contribution in [0.4, 0.5) is 4.39 Å². The van der Waals surface area contributed by atoms with Crippen LogP contribution in [-0.2, 0) is 0 Å². The predicted octanol–water partition coefficient (Wildman–Crippen LogP) is 7.34. The summed E-state index contributed by atoms with van der Waals surface area (Å²) in [7, 11) is 0. The zero-order valence-corrected chi connectivity index (χ0v) is 19.6. The van der Waals surface area contributed by atoms with Crippen LogP contribution in [0, 0.1) is 46.3 Å². The van der Waals surface area contributed by atoms with Crippen molar-refractivity contribution in [1.82, 2.24) is 0 Å². The van der Waals surface area contributed by atoms with Gasteiger partial charge in [0.2, 0.25) is 0 Å². The predicted molar refractivity (Wildman–Crippen MR) is 119 cm³/mol. The molecule has 29 heavy (non-hydrogen) atoms. The number of halogens is 1. The fourth-order valence-electron chi connectivity index (χ4n) is 8.73. The molecule has 0 aromatic heterocycles. The summed E-state index contributed by atoms with van der Waals surface area (Å²) < 4.78 is 15.4. The van der Waals surface area contributed by atoms with Gasteiger partial charge in [-0.15, -0.1) is 0 Å². The summed E-state index contributed by atoms with van der Waals surface area (Å²) in [6, 6.07) is 0. The molecule has 2 heteroatoms. The Hall–Kier alpha value is -0.370. The van der Waals surface area contributed by atoms with Crippen molar-refractivity contribution >= 4 is 0 Å². The Kier molecular flexibility index (Phi) is 5.99. The number of fused-ring (bicyclic) bond motifs is 5. The van der Waals surface area contributed by atoms with Crippen molar-refractivity contribution in [3.05, 3.63) is 11.6 Å². The summed E-state index contributed by atoms with van der Waals surface area (Å²) in [6.07, 6.45) is 12.5. The van der Waals surface area contributed by atoms with Crippen molar-refractivity contribution in [3.8, 4) is 0 Å². The highest BCUT2D eigenvalue weighted by molar-refractivity contribution is 5.29. The van der Waals surface area contributed by atoms with Crippen LogP contribution in [-0.4, -0.2) is 17.4 Å². The van der Waals surface area contributed by atoms with Crippen LogP contribution in [0.2, 0.25) is 0 Å². The molecule has 0 unspecified atom stereocenters. The average molecular weight is 405 g/mol. The third-order valence-electron chi connectivity index (χ3n) is 10.3. The second kappa shape index (κ2) is 7.95. The van der Waals surface area contributed by atoms with Crippen molar-refractivity contribution in [2.45, 2.75) is 111 Å². The zero-order valence-electron chi connectivity index (χ0n) is 19.6. The Morgan fingerprint density at radius 1 is 1.03 bits per heavy atom. The van der Waals surface area contributed by atoms with Crippen LogP contribution >= 0.6 is 0 Å². The van der Waals surface area contributed by atoms with Gasteiger partial charge >= 0.3 is 0 Å². The Morgan fingerprint density at radius 3 is 2.52 bits per heavy atom. The van der Waals surface area contributed by atoms with Crippen LogP contribution in [0.3, 0.4) is 0 Å². The molecule has 0 amide bonds. The number of alkyl halides is 1. The topological polar surface area (TPSA) is 20.2 Å². The van der Waals surface area contributed by atoms with Crippen LogP contribution in [0.15, 0.2) is 11.6 Å². The Labute approximate surface area is 178 Å². The van der Waals surface area contributed by atoms with Gasteiger partial charge in [0.15, 0.2) is 0 Å². The largest absolute Gasteiger partial charge is 0.389 e. The fraction of sp³-hybridized carbons (Fsp3) is 0.926. The van der Waals surface area contributed by atoms with E-state index in [1.54, 1.807) is 0 Å². The van der Waals surface area contributed by atoms with Gasteiger partial charge in [0, 0.05) is 0 Å². The second-order valence-corrected chi connectivity index (χ2v) is 12.3. The Morgan fingerprint density at radius 2 is 1.79 bits per heavy atom. The fourth-order valence-corrected chi connectivity index (χ4v) is 8.73. The highest BCUT2D eigenvalue weighted by atomic mass is 19.1. The third kappa shape index (κ3) is 3.64. The summed E-state index contributed by atoms with van der Waals surface area (Å²) in [4.78, 5) is 0. The summed E-state index contributed by atoms with van der Waals surface area (Å²) >= 11 is 0. The number of allylic oxidation sites excluding steroid dienone is 1. The minimum absolute atomic E-state index is 0.0101. The molecule has 3 fully saturated rings. The molecular formula is C27H45FO. The van der Waals surface area contributed by atoms with Crippen molar-refractivity contribution in [1.29, 1.82) is 0 Å². The highest BCUT2D eigenvalue weighted by Gasteiger charge is 2.61. The lowest BCUT2D eigenvalue weighted by atomic mass is 9.46. The lowest BCUT2D eigenvalue weighted by molar-refractivity contribution is -0.0768. The van der Waals surface area contributed by atoms with E-state index >= 15 is 4.39 Å². The van der Waals surface area contributed by atoms with Crippen LogP contribution < -0.4 is 0 Å². The van der Waals surface area contributed by atoms with Crippen molar-refractivity contribution in [3.63, 3.8) is 0 Å². The summed E-state index contributed by atoms with van der Waals surface area (Å²) in [6.45, 7) is 12.1. The van der Waals surface area contributed by atoms with E-state index in [0.717, 1.165) is 36.2 Å². The maximum Gasteiger partial charge on any atom is 0.122 e. The highest BCUT2D eigenvalue weighted by Crippen LogP contribution is 2.68. The van der Waals surface area contributed by atoms with E-state index in [1.807, 2.05) is 6.08 Å². The monoisotopic (exact) mass is 404 g/mol. The molecule has 3 saturated carbocycles.